The smallest absolute Gasteiger partial charge is 0.251 e. The van der Waals surface area contributed by atoms with Crippen LogP contribution < -0.4 is 10.6 Å². The topological polar surface area (TPSA) is 61.4 Å². The lowest BCUT2D eigenvalue weighted by Crippen LogP contribution is -2.45. The third-order valence-corrected chi connectivity index (χ3v) is 2.51. The average Bonchev–Trinajstić information content (AvgIpc) is 2.14. The molecule has 1 unspecified atom stereocenters. The zero-order chi connectivity index (χ0) is 10.6. The van der Waals surface area contributed by atoms with Crippen LogP contribution in [0.3, 0.4) is 0 Å². The van der Waals surface area contributed by atoms with Crippen LogP contribution in [0.4, 0.5) is 0 Å². The number of aliphatic hydroxyl groups is 1. The van der Waals surface area contributed by atoms with Crippen molar-refractivity contribution in [3.8, 4) is 0 Å². The first kappa shape index (κ1) is 11.5. The Balaban J connectivity index is 2.22. The number of rotatable bonds is 3. The van der Waals surface area contributed by atoms with Crippen LogP contribution in [0, 0.1) is 5.92 Å². The van der Waals surface area contributed by atoms with Crippen LogP contribution in [0.1, 0.15) is 26.7 Å². The summed E-state index contributed by atoms with van der Waals surface area (Å²) in [6, 6.07) is 0. The van der Waals surface area contributed by atoms with E-state index >= 15 is 0 Å². The molecule has 0 aliphatic carbocycles. The number of hydrogen-bond donors (Lipinski definition) is 3. The quantitative estimate of drug-likeness (QED) is 0.595. The Kier molecular flexibility index (Phi) is 3.89. The van der Waals surface area contributed by atoms with Crippen LogP contribution in [0.25, 0.3) is 0 Å². The van der Waals surface area contributed by atoms with Gasteiger partial charge in [-0.25, -0.2) is 0 Å². The highest BCUT2D eigenvalue weighted by molar-refractivity contribution is 5.83. The third-order valence-electron chi connectivity index (χ3n) is 2.51. The van der Waals surface area contributed by atoms with E-state index in [1.165, 1.54) is 20.3 Å². The summed E-state index contributed by atoms with van der Waals surface area (Å²) in [5.41, 5.74) is -1.26. The van der Waals surface area contributed by atoms with E-state index in [0.717, 1.165) is 19.5 Å². The van der Waals surface area contributed by atoms with Crippen LogP contribution in [-0.2, 0) is 4.79 Å². The highest BCUT2D eigenvalue weighted by Gasteiger charge is 2.24. The van der Waals surface area contributed by atoms with Crippen molar-refractivity contribution >= 4 is 5.91 Å². The third kappa shape index (κ3) is 3.64. The van der Waals surface area contributed by atoms with Gasteiger partial charge in [0.15, 0.2) is 0 Å². The Bertz CT molecular complexity index is 193. The van der Waals surface area contributed by atoms with Crippen LogP contribution >= 0.6 is 0 Å². The molecule has 1 heterocycles. The van der Waals surface area contributed by atoms with Gasteiger partial charge >= 0.3 is 0 Å². The van der Waals surface area contributed by atoms with Crippen LogP contribution in [0.15, 0.2) is 0 Å². The summed E-state index contributed by atoms with van der Waals surface area (Å²) in [6.45, 7) is 5.71. The number of carbonyl (C=O) groups is 1. The molecule has 1 rings (SSSR count). The lowest BCUT2D eigenvalue weighted by Gasteiger charge is -2.24. The molecule has 0 aromatic rings. The van der Waals surface area contributed by atoms with E-state index in [9.17, 15) is 9.90 Å². The largest absolute Gasteiger partial charge is 0.381 e. The SMILES string of the molecule is CC(C)(O)C(=O)NCC1CCCNC1. The van der Waals surface area contributed by atoms with Crippen molar-refractivity contribution in [1.29, 1.82) is 0 Å². The summed E-state index contributed by atoms with van der Waals surface area (Å²) >= 11 is 0. The van der Waals surface area contributed by atoms with Crippen molar-refractivity contribution in [3.63, 3.8) is 0 Å². The molecule has 1 aliphatic heterocycles. The van der Waals surface area contributed by atoms with Crippen LogP contribution in [0.2, 0.25) is 0 Å². The van der Waals surface area contributed by atoms with Gasteiger partial charge in [0.25, 0.3) is 5.91 Å². The van der Waals surface area contributed by atoms with Crippen molar-refractivity contribution < 1.29 is 9.90 Å². The maximum absolute atomic E-state index is 11.3. The highest BCUT2D eigenvalue weighted by Crippen LogP contribution is 2.09. The Morgan fingerprint density at radius 1 is 1.64 bits per heavy atom. The van der Waals surface area contributed by atoms with E-state index < -0.39 is 5.60 Å². The molecule has 0 aromatic carbocycles. The van der Waals surface area contributed by atoms with Crippen LogP contribution in [0.5, 0.6) is 0 Å². The van der Waals surface area contributed by atoms with E-state index in [1.54, 1.807) is 0 Å². The van der Waals surface area contributed by atoms with Gasteiger partial charge in [-0.3, -0.25) is 4.79 Å². The number of hydrogen-bond acceptors (Lipinski definition) is 3. The number of carbonyl (C=O) groups excluding carboxylic acids is 1. The van der Waals surface area contributed by atoms with Gasteiger partial charge in [0.1, 0.15) is 5.60 Å². The molecule has 1 fully saturated rings. The lowest BCUT2D eigenvalue weighted by molar-refractivity contribution is -0.136. The predicted octanol–water partition coefficient (Wildman–Crippen LogP) is -0.127. The molecule has 14 heavy (non-hydrogen) atoms. The first-order valence-corrected chi connectivity index (χ1v) is 5.21. The summed E-state index contributed by atoms with van der Waals surface area (Å²) in [7, 11) is 0. The molecule has 0 spiro atoms. The first-order chi connectivity index (χ1) is 6.50. The Hall–Kier alpha value is -0.610. The molecule has 1 saturated heterocycles. The minimum atomic E-state index is -1.26. The zero-order valence-corrected chi connectivity index (χ0v) is 8.97. The standard InChI is InChI=1S/C10H20N2O2/c1-10(2,14)9(13)12-7-8-4-3-5-11-6-8/h8,11,14H,3-7H2,1-2H3,(H,12,13). The molecule has 1 aliphatic rings. The van der Waals surface area contributed by atoms with E-state index in [0.29, 0.717) is 12.5 Å². The number of nitrogens with one attached hydrogen (secondary N) is 2. The van der Waals surface area contributed by atoms with E-state index in [-0.39, 0.29) is 5.91 Å². The van der Waals surface area contributed by atoms with Crippen molar-refractivity contribution in [2.75, 3.05) is 19.6 Å². The number of amides is 1. The zero-order valence-electron chi connectivity index (χ0n) is 8.97. The molecule has 1 amide bonds. The van der Waals surface area contributed by atoms with Gasteiger partial charge in [-0.15, -0.1) is 0 Å². The fourth-order valence-corrected chi connectivity index (χ4v) is 1.55. The maximum Gasteiger partial charge on any atom is 0.251 e. The number of piperidine rings is 1. The van der Waals surface area contributed by atoms with Gasteiger partial charge in [-0.05, 0) is 45.7 Å². The highest BCUT2D eigenvalue weighted by atomic mass is 16.3. The van der Waals surface area contributed by atoms with Gasteiger partial charge < -0.3 is 15.7 Å². The second-order valence-electron chi connectivity index (χ2n) is 4.48. The van der Waals surface area contributed by atoms with Gasteiger partial charge in [0, 0.05) is 6.54 Å². The Morgan fingerprint density at radius 2 is 2.36 bits per heavy atom. The van der Waals surface area contributed by atoms with Crippen molar-refractivity contribution in [2.45, 2.75) is 32.3 Å². The lowest BCUT2D eigenvalue weighted by atomic mass is 9.99. The molecule has 4 heteroatoms. The molecule has 3 N–H and O–H groups in total. The fourth-order valence-electron chi connectivity index (χ4n) is 1.55. The predicted molar refractivity (Wildman–Crippen MR) is 54.9 cm³/mol. The van der Waals surface area contributed by atoms with Gasteiger partial charge in [-0.1, -0.05) is 0 Å². The summed E-state index contributed by atoms with van der Waals surface area (Å²) < 4.78 is 0. The molecule has 0 bridgehead atoms. The first-order valence-electron chi connectivity index (χ1n) is 5.21. The van der Waals surface area contributed by atoms with E-state index in [1.807, 2.05) is 0 Å². The summed E-state index contributed by atoms with van der Waals surface area (Å²) in [5, 5.41) is 15.4. The maximum atomic E-state index is 11.3. The van der Waals surface area contributed by atoms with Crippen molar-refractivity contribution in [3.05, 3.63) is 0 Å². The second kappa shape index (κ2) is 4.75. The van der Waals surface area contributed by atoms with Gasteiger partial charge in [-0.2, -0.15) is 0 Å². The molecular weight excluding hydrogens is 180 g/mol. The monoisotopic (exact) mass is 200 g/mol. The van der Waals surface area contributed by atoms with Gasteiger partial charge in [0.2, 0.25) is 0 Å². The van der Waals surface area contributed by atoms with Crippen molar-refractivity contribution in [2.24, 2.45) is 5.92 Å². The summed E-state index contributed by atoms with van der Waals surface area (Å²) in [6.07, 6.45) is 2.32. The Morgan fingerprint density at radius 3 is 2.86 bits per heavy atom. The molecule has 4 nitrogen and oxygen atoms in total. The minimum absolute atomic E-state index is 0.289. The van der Waals surface area contributed by atoms with E-state index in [2.05, 4.69) is 10.6 Å². The van der Waals surface area contributed by atoms with Gasteiger partial charge in [0.05, 0.1) is 0 Å². The molecule has 1 atom stereocenters. The molecular formula is C10H20N2O2. The van der Waals surface area contributed by atoms with Crippen molar-refractivity contribution in [1.82, 2.24) is 10.6 Å². The minimum Gasteiger partial charge on any atom is -0.381 e. The molecule has 0 radical (unpaired) electrons. The normalized spacial score (nSPS) is 23.2. The fraction of sp³-hybridized carbons (Fsp3) is 0.900. The van der Waals surface area contributed by atoms with Crippen LogP contribution in [-0.4, -0.2) is 36.2 Å². The Labute approximate surface area is 85.1 Å². The summed E-state index contributed by atoms with van der Waals surface area (Å²) in [4.78, 5) is 11.3. The summed E-state index contributed by atoms with van der Waals surface area (Å²) in [5.74, 6) is 0.220. The molecule has 82 valence electrons. The molecule has 0 aromatic heterocycles. The second-order valence-corrected chi connectivity index (χ2v) is 4.48. The average molecular weight is 200 g/mol. The van der Waals surface area contributed by atoms with E-state index in [4.69, 9.17) is 0 Å². The molecule has 0 saturated carbocycles.